The molecule has 0 saturated heterocycles. The quantitative estimate of drug-likeness (QED) is 0.826. The van der Waals surface area contributed by atoms with Gasteiger partial charge in [0.15, 0.2) is 0 Å². The first-order valence-electron chi connectivity index (χ1n) is 6.85. The minimum atomic E-state index is -0.200. The number of aryl methyl sites for hydroxylation is 1. The Morgan fingerprint density at radius 2 is 1.83 bits per heavy atom. The summed E-state index contributed by atoms with van der Waals surface area (Å²) < 4.78 is 0. The van der Waals surface area contributed by atoms with Gasteiger partial charge in [-0.1, -0.05) is 43.5 Å². The minimum Gasteiger partial charge on any atom is -0.320 e. The van der Waals surface area contributed by atoms with Crippen LogP contribution in [0.25, 0.3) is 10.9 Å². The third-order valence-electron chi connectivity index (χ3n) is 4.18. The van der Waals surface area contributed by atoms with E-state index in [2.05, 4.69) is 37.3 Å². The summed E-state index contributed by atoms with van der Waals surface area (Å²) in [5.41, 5.74) is 9.76. The van der Waals surface area contributed by atoms with Crippen LogP contribution in [0.15, 0.2) is 30.3 Å². The van der Waals surface area contributed by atoms with Crippen LogP contribution in [0.5, 0.6) is 0 Å². The lowest BCUT2D eigenvalue weighted by Crippen LogP contribution is -2.39. The number of rotatable bonds is 1. The Kier molecular flexibility index (Phi) is 2.83. The van der Waals surface area contributed by atoms with Gasteiger partial charge in [0.2, 0.25) is 0 Å². The molecule has 1 aliphatic rings. The Morgan fingerprint density at radius 1 is 1.06 bits per heavy atom. The number of nitrogens with two attached hydrogens (primary N) is 1. The van der Waals surface area contributed by atoms with Gasteiger partial charge in [-0.15, -0.1) is 0 Å². The van der Waals surface area contributed by atoms with Crippen LogP contribution in [0.3, 0.4) is 0 Å². The zero-order valence-electron chi connectivity index (χ0n) is 10.9. The van der Waals surface area contributed by atoms with Crippen LogP contribution in [0, 0.1) is 6.92 Å². The number of para-hydroxylation sites is 1. The second kappa shape index (κ2) is 4.36. The Hall–Kier alpha value is -1.41. The van der Waals surface area contributed by atoms with Gasteiger partial charge in [0.1, 0.15) is 0 Å². The van der Waals surface area contributed by atoms with E-state index in [4.69, 9.17) is 10.7 Å². The highest BCUT2D eigenvalue weighted by Crippen LogP contribution is 2.34. The van der Waals surface area contributed by atoms with Gasteiger partial charge in [-0.3, -0.25) is 4.98 Å². The molecule has 0 aliphatic heterocycles. The van der Waals surface area contributed by atoms with Crippen molar-refractivity contribution in [3.63, 3.8) is 0 Å². The molecule has 2 heteroatoms. The van der Waals surface area contributed by atoms with Gasteiger partial charge in [-0.25, -0.2) is 0 Å². The number of benzene rings is 1. The summed E-state index contributed by atoms with van der Waals surface area (Å²) in [5, 5.41) is 1.21. The van der Waals surface area contributed by atoms with E-state index in [0.717, 1.165) is 24.1 Å². The van der Waals surface area contributed by atoms with Gasteiger partial charge in [-0.2, -0.15) is 0 Å². The first-order valence-corrected chi connectivity index (χ1v) is 6.85. The highest BCUT2D eigenvalue weighted by Gasteiger charge is 2.30. The molecule has 1 aliphatic carbocycles. The summed E-state index contributed by atoms with van der Waals surface area (Å²) >= 11 is 0. The van der Waals surface area contributed by atoms with E-state index < -0.39 is 0 Å². The van der Waals surface area contributed by atoms with Crippen LogP contribution < -0.4 is 5.73 Å². The molecular formula is C16H20N2. The van der Waals surface area contributed by atoms with E-state index in [9.17, 15) is 0 Å². The zero-order valence-corrected chi connectivity index (χ0v) is 10.9. The minimum absolute atomic E-state index is 0.200. The van der Waals surface area contributed by atoms with Crippen molar-refractivity contribution in [2.75, 3.05) is 0 Å². The SMILES string of the molecule is Cc1cccc2ccc(C3(N)CCCCC3)nc12. The molecule has 1 aromatic carbocycles. The first kappa shape index (κ1) is 11.7. The predicted molar refractivity (Wildman–Crippen MR) is 75.4 cm³/mol. The monoisotopic (exact) mass is 240 g/mol. The molecule has 1 fully saturated rings. The number of nitrogens with zero attached hydrogens (tertiary/aromatic N) is 1. The standard InChI is InChI=1S/C16H20N2/c1-12-6-5-7-13-8-9-14(18-15(12)13)16(17)10-3-2-4-11-16/h5-9H,2-4,10-11,17H2,1H3. The number of pyridine rings is 1. The van der Waals surface area contributed by atoms with Crippen molar-refractivity contribution in [2.24, 2.45) is 5.73 Å². The van der Waals surface area contributed by atoms with E-state index in [0.29, 0.717) is 0 Å². The summed E-state index contributed by atoms with van der Waals surface area (Å²) in [6.07, 6.45) is 5.90. The Morgan fingerprint density at radius 3 is 2.61 bits per heavy atom. The van der Waals surface area contributed by atoms with Crippen LogP contribution in [0.4, 0.5) is 0 Å². The molecule has 0 unspecified atom stereocenters. The summed E-state index contributed by atoms with van der Waals surface area (Å²) in [6, 6.07) is 10.6. The van der Waals surface area contributed by atoms with Gasteiger partial charge in [0.05, 0.1) is 16.7 Å². The van der Waals surface area contributed by atoms with Crippen LogP contribution in [0.1, 0.15) is 43.4 Å². The molecule has 2 N–H and O–H groups in total. The normalized spacial score (nSPS) is 19.0. The molecule has 2 aromatic rings. The van der Waals surface area contributed by atoms with E-state index in [-0.39, 0.29) is 5.54 Å². The van der Waals surface area contributed by atoms with Gasteiger partial charge in [0.25, 0.3) is 0 Å². The molecule has 18 heavy (non-hydrogen) atoms. The van der Waals surface area contributed by atoms with Crippen LogP contribution in [-0.2, 0) is 5.54 Å². The average molecular weight is 240 g/mol. The van der Waals surface area contributed by atoms with Crippen molar-refractivity contribution in [1.29, 1.82) is 0 Å². The average Bonchev–Trinajstić information content (AvgIpc) is 2.40. The molecule has 0 amide bonds. The molecule has 2 nitrogen and oxygen atoms in total. The Bertz CT molecular complexity index is 568. The molecular weight excluding hydrogens is 220 g/mol. The second-order valence-electron chi connectivity index (χ2n) is 5.56. The van der Waals surface area contributed by atoms with Gasteiger partial charge >= 0.3 is 0 Å². The van der Waals surface area contributed by atoms with Gasteiger partial charge < -0.3 is 5.73 Å². The fraction of sp³-hybridized carbons (Fsp3) is 0.438. The maximum Gasteiger partial charge on any atom is 0.0735 e. The fourth-order valence-electron chi connectivity index (χ4n) is 3.01. The van der Waals surface area contributed by atoms with Crippen molar-refractivity contribution < 1.29 is 0 Å². The largest absolute Gasteiger partial charge is 0.320 e. The number of aromatic nitrogens is 1. The third kappa shape index (κ3) is 1.91. The smallest absolute Gasteiger partial charge is 0.0735 e. The highest BCUT2D eigenvalue weighted by molar-refractivity contribution is 5.81. The molecule has 1 saturated carbocycles. The summed E-state index contributed by atoms with van der Waals surface area (Å²) in [6.45, 7) is 2.11. The van der Waals surface area contributed by atoms with Crippen LogP contribution in [0.2, 0.25) is 0 Å². The van der Waals surface area contributed by atoms with Crippen molar-refractivity contribution in [1.82, 2.24) is 4.98 Å². The molecule has 0 radical (unpaired) electrons. The van der Waals surface area contributed by atoms with Crippen LogP contribution in [-0.4, -0.2) is 4.98 Å². The molecule has 0 atom stereocenters. The maximum atomic E-state index is 6.56. The van der Waals surface area contributed by atoms with Gasteiger partial charge in [0, 0.05) is 5.39 Å². The molecule has 0 bridgehead atoms. The van der Waals surface area contributed by atoms with Crippen molar-refractivity contribution in [3.8, 4) is 0 Å². The zero-order chi connectivity index (χ0) is 12.6. The lowest BCUT2D eigenvalue weighted by Gasteiger charge is -2.33. The fourth-order valence-corrected chi connectivity index (χ4v) is 3.01. The second-order valence-corrected chi connectivity index (χ2v) is 5.56. The van der Waals surface area contributed by atoms with Crippen molar-refractivity contribution in [2.45, 2.75) is 44.6 Å². The number of fused-ring (bicyclic) bond motifs is 1. The summed E-state index contributed by atoms with van der Waals surface area (Å²) in [5.74, 6) is 0. The van der Waals surface area contributed by atoms with E-state index in [1.165, 1.54) is 30.2 Å². The third-order valence-corrected chi connectivity index (χ3v) is 4.18. The summed E-state index contributed by atoms with van der Waals surface area (Å²) in [7, 11) is 0. The first-order chi connectivity index (χ1) is 8.69. The maximum absolute atomic E-state index is 6.56. The number of hydrogen-bond donors (Lipinski definition) is 1. The van der Waals surface area contributed by atoms with E-state index >= 15 is 0 Å². The van der Waals surface area contributed by atoms with Crippen molar-refractivity contribution in [3.05, 3.63) is 41.6 Å². The van der Waals surface area contributed by atoms with E-state index in [1.54, 1.807) is 0 Å². The highest BCUT2D eigenvalue weighted by atomic mass is 14.8. The lowest BCUT2D eigenvalue weighted by atomic mass is 9.80. The Labute approximate surface area is 108 Å². The lowest BCUT2D eigenvalue weighted by molar-refractivity contribution is 0.296. The topological polar surface area (TPSA) is 38.9 Å². The molecule has 1 aromatic heterocycles. The Balaban J connectivity index is 2.10. The van der Waals surface area contributed by atoms with Crippen molar-refractivity contribution >= 4 is 10.9 Å². The number of hydrogen-bond acceptors (Lipinski definition) is 2. The van der Waals surface area contributed by atoms with Gasteiger partial charge in [-0.05, 0) is 31.4 Å². The molecule has 1 heterocycles. The predicted octanol–water partition coefficient (Wildman–Crippen LogP) is 3.66. The van der Waals surface area contributed by atoms with E-state index in [1.807, 2.05) is 0 Å². The van der Waals surface area contributed by atoms with Crippen LogP contribution >= 0.6 is 0 Å². The summed E-state index contributed by atoms with van der Waals surface area (Å²) in [4.78, 5) is 4.85. The molecule has 94 valence electrons. The molecule has 3 rings (SSSR count). The molecule has 0 spiro atoms.